The topological polar surface area (TPSA) is 223 Å². The van der Waals surface area contributed by atoms with Crippen molar-refractivity contribution in [1.82, 2.24) is 16.0 Å². The molecule has 0 spiro atoms. The van der Waals surface area contributed by atoms with Gasteiger partial charge in [0.15, 0.2) is 11.5 Å². The molecule has 0 radical (unpaired) electrons. The number of nitrogens with zero attached hydrogens (tertiary/aromatic N) is 3. The maximum Gasteiger partial charge on any atom is 0.308 e. The van der Waals surface area contributed by atoms with Gasteiger partial charge >= 0.3 is 5.97 Å². The van der Waals surface area contributed by atoms with Crippen LogP contribution in [0.1, 0.15) is 86.2 Å². The Kier molecular flexibility index (Phi) is 14.8. The molecule has 18 nitrogen and oxygen atoms in total. The predicted molar refractivity (Wildman–Crippen MR) is 282 cm³/mol. The van der Waals surface area contributed by atoms with Gasteiger partial charge in [0.25, 0.3) is 11.8 Å². The molecule has 0 unspecified atom stereocenters. The highest BCUT2D eigenvalue weighted by Gasteiger charge is 2.39. The molecule has 5 aliphatic rings. The number of carbonyl (C=O) groups is 7. The lowest BCUT2D eigenvalue weighted by atomic mass is 9.81. The number of benzene rings is 5. The van der Waals surface area contributed by atoms with Crippen LogP contribution < -0.4 is 45.3 Å². The van der Waals surface area contributed by atoms with E-state index in [1.165, 1.54) is 14.2 Å². The van der Waals surface area contributed by atoms with Gasteiger partial charge < -0.3 is 45.1 Å². The van der Waals surface area contributed by atoms with E-state index in [1.54, 1.807) is 35.2 Å². The van der Waals surface area contributed by atoms with E-state index in [1.807, 2.05) is 72.6 Å². The number of nitrogens with one attached hydrogen (secondary N) is 4. The van der Waals surface area contributed by atoms with E-state index >= 15 is 0 Å². The normalized spacial score (nSPS) is 18.8. The molecule has 6 amide bonds. The molecule has 10 rings (SSSR count). The highest BCUT2D eigenvalue weighted by atomic mass is 16.5. The van der Waals surface area contributed by atoms with Gasteiger partial charge in [-0.05, 0) is 134 Å². The quantitative estimate of drug-likeness (QED) is 0.0811. The Bertz CT molecular complexity index is 3180. The zero-order valence-corrected chi connectivity index (χ0v) is 42.6. The van der Waals surface area contributed by atoms with Crippen LogP contribution in [-0.4, -0.2) is 93.6 Å². The van der Waals surface area contributed by atoms with Gasteiger partial charge in [0.2, 0.25) is 23.6 Å². The Morgan fingerprint density at radius 2 is 1.24 bits per heavy atom. The summed E-state index contributed by atoms with van der Waals surface area (Å²) in [5, 5.41) is 10.4. The molecule has 1 aliphatic carbocycles. The van der Waals surface area contributed by atoms with E-state index < -0.39 is 30.8 Å². The number of ether oxygens (including phenoxy) is 4. The van der Waals surface area contributed by atoms with Crippen LogP contribution in [0.2, 0.25) is 0 Å². The lowest BCUT2D eigenvalue weighted by Crippen LogP contribution is -2.44. The van der Waals surface area contributed by atoms with Crippen molar-refractivity contribution in [1.29, 1.82) is 0 Å². The van der Waals surface area contributed by atoms with Crippen molar-refractivity contribution in [3.05, 3.63) is 136 Å². The number of anilines is 3. The molecule has 4 N–H and O–H groups in total. The molecule has 1 saturated carbocycles. The van der Waals surface area contributed by atoms with E-state index in [9.17, 15) is 33.6 Å². The number of rotatable bonds is 16. The number of aryl methyl sites for hydroxylation is 2. The Morgan fingerprint density at radius 1 is 0.618 bits per heavy atom. The number of hydrogen-bond donors (Lipinski definition) is 4. The zero-order chi connectivity index (χ0) is 53.0. The van der Waals surface area contributed by atoms with Crippen LogP contribution >= 0.6 is 0 Å². The average Bonchev–Trinajstić information content (AvgIpc) is 3.97. The van der Waals surface area contributed by atoms with Crippen LogP contribution in [0.25, 0.3) is 0 Å². The Hall–Kier alpha value is -8.54. The Labute approximate surface area is 439 Å². The van der Waals surface area contributed by atoms with Crippen molar-refractivity contribution < 1.29 is 52.5 Å². The fourth-order valence-electron chi connectivity index (χ4n) is 11.0. The summed E-state index contributed by atoms with van der Waals surface area (Å²) in [6.45, 7) is 0.768. The predicted octanol–water partition coefficient (Wildman–Crippen LogP) is 6.23. The van der Waals surface area contributed by atoms with Crippen LogP contribution in [0.15, 0.2) is 96.0 Å². The fourth-order valence-corrected chi connectivity index (χ4v) is 11.0. The van der Waals surface area contributed by atoms with Gasteiger partial charge in [0.1, 0.15) is 19.0 Å². The van der Waals surface area contributed by atoms with Gasteiger partial charge in [0, 0.05) is 53.3 Å². The molecule has 5 aromatic carbocycles. The van der Waals surface area contributed by atoms with Crippen LogP contribution in [0, 0.1) is 18.8 Å². The van der Waals surface area contributed by atoms with Crippen molar-refractivity contribution >= 4 is 70.4 Å². The van der Waals surface area contributed by atoms with E-state index in [4.69, 9.17) is 23.9 Å². The molecular weight excluding hydrogens is 971 g/mol. The number of amides is 6. The molecule has 1 fully saturated rings. The van der Waals surface area contributed by atoms with Crippen molar-refractivity contribution in [3.63, 3.8) is 0 Å². The second kappa shape index (κ2) is 22.1. The number of esters is 1. The second-order valence-electron chi connectivity index (χ2n) is 19.9. The van der Waals surface area contributed by atoms with E-state index in [0.29, 0.717) is 89.4 Å². The SMILES string of the molecule is COC(=O)C1CCC(C(=O)NCC(=O)NCC(=O)NCC(=O)Nc2cc(COc3cc4c(cc3C)C(=O)N3c5ccccc5C[C@H]3C=N4)cc(COc3cc4c(cc3OC)C(=O)N3c5ccccc5C[C@H]3CC4)c2)CC1. The molecule has 4 aliphatic heterocycles. The van der Waals surface area contributed by atoms with E-state index in [-0.39, 0.29) is 67.4 Å². The molecule has 4 heterocycles. The molecule has 0 aromatic heterocycles. The number of hydrogen-bond acceptors (Lipinski definition) is 12. The van der Waals surface area contributed by atoms with Gasteiger partial charge in [-0.1, -0.05) is 36.4 Å². The largest absolute Gasteiger partial charge is 0.493 e. The Morgan fingerprint density at radius 3 is 1.93 bits per heavy atom. The number of aliphatic imine (C=N–C) groups is 1. The summed E-state index contributed by atoms with van der Waals surface area (Å²) in [4.78, 5) is 99.8. The number of fused-ring (bicyclic) bond motifs is 8. The molecule has 2 atom stereocenters. The lowest BCUT2D eigenvalue weighted by molar-refractivity contribution is -0.147. The third kappa shape index (κ3) is 10.8. The number of carbonyl (C=O) groups excluding carboxylic acids is 7. The summed E-state index contributed by atoms with van der Waals surface area (Å²) >= 11 is 0. The van der Waals surface area contributed by atoms with Gasteiger partial charge in [-0.2, -0.15) is 0 Å². The minimum atomic E-state index is -0.624. The molecule has 0 bridgehead atoms. The molecular formula is C58H59N7O11. The van der Waals surface area contributed by atoms with Crippen molar-refractivity contribution in [2.75, 3.05) is 49.0 Å². The molecule has 392 valence electrons. The first-order valence-corrected chi connectivity index (χ1v) is 25.6. The molecule has 18 heteroatoms. The van der Waals surface area contributed by atoms with E-state index in [0.717, 1.165) is 46.5 Å². The smallest absolute Gasteiger partial charge is 0.308 e. The Balaban J connectivity index is 0.806. The van der Waals surface area contributed by atoms with E-state index in [2.05, 4.69) is 27.3 Å². The summed E-state index contributed by atoms with van der Waals surface area (Å²) in [6.07, 6.45) is 6.77. The maximum atomic E-state index is 14.1. The summed E-state index contributed by atoms with van der Waals surface area (Å²) < 4.78 is 23.5. The zero-order valence-electron chi connectivity index (χ0n) is 42.6. The van der Waals surface area contributed by atoms with Crippen LogP contribution in [0.3, 0.4) is 0 Å². The molecule has 76 heavy (non-hydrogen) atoms. The maximum absolute atomic E-state index is 14.1. The minimum absolute atomic E-state index is 0.0326. The average molecular weight is 1030 g/mol. The number of para-hydroxylation sites is 2. The van der Waals surface area contributed by atoms with Gasteiger partial charge in [-0.25, -0.2) is 0 Å². The fraction of sp³-hybridized carbons (Fsp3) is 0.345. The molecule has 0 saturated heterocycles. The second-order valence-corrected chi connectivity index (χ2v) is 19.9. The highest BCUT2D eigenvalue weighted by Crippen LogP contribution is 2.42. The third-order valence-electron chi connectivity index (χ3n) is 14.9. The first-order valence-electron chi connectivity index (χ1n) is 25.6. The van der Waals surface area contributed by atoms with Crippen LogP contribution in [-0.2, 0) is 61.2 Å². The summed E-state index contributed by atoms with van der Waals surface area (Å²) in [6, 6.07) is 28.3. The highest BCUT2D eigenvalue weighted by molar-refractivity contribution is 6.15. The lowest BCUT2D eigenvalue weighted by Gasteiger charge is -2.25. The van der Waals surface area contributed by atoms with Crippen molar-refractivity contribution in [2.24, 2.45) is 16.8 Å². The summed E-state index contributed by atoms with van der Waals surface area (Å²) in [5.41, 5.74) is 8.88. The summed E-state index contributed by atoms with van der Waals surface area (Å²) in [5.74, 6) is -1.76. The van der Waals surface area contributed by atoms with Crippen molar-refractivity contribution in [2.45, 2.75) is 83.6 Å². The standard InChI is InChI=1S/C58H59N7O11/c1-33-18-45-46(59-27-43-23-40-9-5-7-11-48(40)65(43)57(45)71)26-49(33)75-31-34-19-35(32-76-51-24-38-16-17-42-22-39-8-4-6-10-47(39)64(42)56(70)44(38)25-50(51)73-2)21-41(20-34)63-54(68)30-61-52(66)28-60-53(67)29-62-55(69)36-12-14-37(15-13-36)58(72)74-3/h4-11,18-21,24-27,36-37,42-43H,12-17,22-23,28-32H2,1-3H3,(H,60,67)(H,61,66)(H,62,69)(H,63,68)/t36?,37?,42-,43+/m1/s1. The van der Waals surface area contributed by atoms with Crippen LogP contribution in [0.4, 0.5) is 22.7 Å². The van der Waals surface area contributed by atoms with Crippen molar-refractivity contribution in [3.8, 4) is 17.2 Å². The summed E-state index contributed by atoms with van der Waals surface area (Å²) in [7, 11) is 2.87. The third-order valence-corrected chi connectivity index (χ3v) is 14.9. The first kappa shape index (κ1) is 51.0. The minimum Gasteiger partial charge on any atom is -0.493 e. The van der Waals surface area contributed by atoms with Crippen LogP contribution in [0.5, 0.6) is 17.2 Å². The van der Waals surface area contributed by atoms with Gasteiger partial charge in [-0.3, -0.25) is 43.5 Å². The van der Waals surface area contributed by atoms with Gasteiger partial charge in [0.05, 0.1) is 57.1 Å². The number of methoxy groups -OCH3 is 2. The first-order chi connectivity index (χ1) is 36.8. The van der Waals surface area contributed by atoms with Gasteiger partial charge in [-0.15, -0.1) is 0 Å². The molecule has 5 aromatic rings. The monoisotopic (exact) mass is 1030 g/mol.